The van der Waals surface area contributed by atoms with Gasteiger partial charge in [-0.2, -0.15) is 0 Å². The number of aryl methyl sites for hydroxylation is 2. The molecular formula is C20H23FN2O3S. The van der Waals surface area contributed by atoms with Crippen molar-refractivity contribution in [2.24, 2.45) is 0 Å². The summed E-state index contributed by atoms with van der Waals surface area (Å²) in [5.41, 5.74) is 2.02. The molecule has 0 saturated carbocycles. The molecule has 2 heterocycles. The van der Waals surface area contributed by atoms with Crippen molar-refractivity contribution in [2.75, 3.05) is 37.7 Å². The van der Waals surface area contributed by atoms with Crippen LogP contribution in [0, 0.1) is 12.7 Å². The first-order valence-electron chi connectivity index (χ1n) is 9.02. The zero-order valence-electron chi connectivity index (χ0n) is 15.5. The van der Waals surface area contributed by atoms with Crippen LogP contribution in [0.2, 0.25) is 0 Å². The molecule has 1 fully saturated rings. The summed E-state index contributed by atoms with van der Waals surface area (Å²) in [5.74, 6) is -0.895. The standard InChI is InChI=1S/C20H23FN2O3S/c1-3-17-14(2)12-18(27-17)20(25)26-13-19(24)23-10-8-22(9-11-23)16-6-4-15(21)5-7-16/h4-7,12H,3,8-11,13H2,1-2H3. The molecule has 2 aromatic rings. The van der Waals surface area contributed by atoms with Crippen molar-refractivity contribution >= 4 is 28.9 Å². The van der Waals surface area contributed by atoms with E-state index in [1.54, 1.807) is 17.0 Å². The summed E-state index contributed by atoms with van der Waals surface area (Å²) in [6, 6.07) is 8.16. The summed E-state index contributed by atoms with van der Waals surface area (Å²) < 4.78 is 18.2. The van der Waals surface area contributed by atoms with Crippen molar-refractivity contribution < 1.29 is 18.7 Å². The molecule has 1 aromatic carbocycles. The SMILES string of the molecule is CCc1sc(C(=O)OCC(=O)N2CCN(c3ccc(F)cc3)CC2)cc1C. The van der Waals surface area contributed by atoms with Gasteiger partial charge < -0.3 is 14.5 Å². The van der Waals surface area contributed by atoms with Crippen molar-refractivity contribution in [3.63, 3.8) is 0 Å². The number of anilines is 1. The van der Waals surface area contributed by atoms with E-state index in [0.717, 1.165) is 22.5 Å². The maximum atomic E-state index is 13.0. The molecule has 0 aliphatic carbocycles. The van der Waals surface area contributed by atoms with E-state index < -0.39 is 5.97 Å². The van der Waals surface area contributed by atoms with Crippen LogP contribution in [-0.2, 0) is 16.0 Å². The number of hydrogen-bond donors (Lipinski definition) is 0. The van der Waals surface area contributed by atoms with Gasteiger partial charge >= 0.3 is 5.97 Å². The lowest BCUT2D eigenvalue weighted by Gasteiger charge is -2.36. The van der Waals surface area contributed by atoms with Crippen molar-refractivity contribution in [2.45, 2.75) is 20.3 Å². The Bertz CT molecular complexity index is 811. The molecule has 5 nitrogen and oxygen atoms in total. The maximum Gasteiger partial charge on any atom is 0.348 e. The number of rotatable bonds is 5. The highest BCUT2D eigenvalue weighted by molar-refractivity contribution is 7.14. The van der Waals surface area contributed by atoms with Crippen LogP contribution in [0.4, 0.5) is 10.1 Å². The van der Waals surface area contributed by atoms with E-state index >= 15 is 0 Å². The van der Waals surface area contributed by atoms with Gasteiger partial charge in [0.05, 0.1) is 0 Å². The Hall–Kier alpha value is -2.41. The predicted molar refractivity (Wildman–Crippen MR) is 104 cm³/mol. The third-order valence-corrected chi connectivity index (χ3v) is 6.06. The van der Waals surface area contributed by atoms with Crippen molar-refractivity contribution in [3.8, 4) is 0 Å². The van der Waals surface area contributed by atoms with Crippen LogP contribution in [0.15, 0.2) is 30.3 Å². The fourth-order valence-electron chi connectivity index (χ4n) is 3.13. The second-order valence-electron chi connectivity index (χ2n) is 6.49. The van der Waals surface area contributed by atoms with E-state index in [9.17, 15) is 14.0 Å². The molecule has 0 spiro atoms. The molecular weight excluding hydrogens is 367 g/mol. The van der Waals surface area contributed by atoms with Gasteiger partial charge in [0.25, 0.3) is 5.91 Å². The number of carbonyl (C=O) groups excluding carboxylic acids is 2. The van der Waals surface area contributed by atoms with Gasteiger partial charge in [-0.1, -0.05) is 6.92 Å². The largest absolute Gasteiger partial charge is 0.451 e. The van der Waals surface area contributed by atoms with Gasteiger partial charge in [0, 0.05) is 36.7 Å². The number of halogens is 1. The number of ether oxygens (including phenoxy) is 1. The molecule has 0 atom stereocenters. The minimum absolute atomic E-state index is 0.189. The molecule has 1 amide bonds. The third-order valence-electron chi connectivity index (χ3n) is 4.69. The molecule has 1 aliphatic rings. The van der Waals surface area contributed by atoms with E-state index in [-0.39, 0.29) is 18.3 Å². The van der Waals surface area contributed by atoms with Gasteiger partial charge in [-0.05, 0) is 49.2 Å². The lowest BCUT2D eigenvalue weighted by atomic mass is 10.2. The number of hydrogen-bond acceptors (Lipinski definition) is 5. The monoisotopic (exact) mass is 390 g/mol. The van der Waals surface area contributed by atoms with Crippen LogP contribution in [0.3, 0.4) is 0 Å². The number of piperazine rings is 1. The van der Waals surface area contributed by atoms with Gasteiger partial charge in [0.2, 0.25) is 0 Å². The van der Waals surface area contributed by atoms with Crippen LogP contribution >= 0.6 is 11.3 Å². The number of nitrogens with zero attached hydrogens (tertiary/aromatic N) is 2. The maximum absolute atomic E-state index is 13.0. The molecule has 144 valence electrons. The van der Waals surface area contributed by atoms with Crippen molar-refractivity contribution in [1.29, 1.82) is 0 Å². The summed E-state index contributed by atoms with van der Waals surface area (Å²) >= 11 is 1.42. The number of amides is 1. The topological polar surface area (TPSA) is 49.9 Å². The van der Waals surface area contributed by atoms with Crippen LogP contribution in [0.5, 0.6) is 0 Å². The van der Waals surface area contributed by atoms with Crippen LogP contribution in [0.25, 0.3) is 0 Å². The average Bonchev–Trinajstić information content (AvgIpc) is 3.07. The number of benzene rings is 1. The van der Waals surface area contributed by atoms with Crippen LogP contribution < -0.4 is 4.90 Å². The number of carbonyl (C=O) groups is 2. The summed E-state index contributed by atoms with van der Waals surface area (Å²) in [5, 5.41) is 0. The molecule has 7 heteroatoms. The normalized spacial score (nSPS) is 14.3. The van der Waals surface area contributed by atoms with Gasteiger partial charge in [-0.25, -0.2) is 9.18 Å². The number of esters is 1. The van der Waals surface area contributed by atoms with Crippen LogP contribution in [-0.4, -0.2) is 49.6 Å². The van der Waals surface area contributed by atoms with Gasteiger partial charge in [-0.3, -0.25) is 4.79 Å². The minimum atomic E-state index is -0.443. The lowest BCUT2D eigenvalue weighted by Crippen LogP contribution is -2.49. The fraction of sp³-hybridized carbons (Fsp3) is 0.400. The lowest BCUT2D eigenvalue weighted by molar-refractivity contribution is -0.134. The van der Waals surface area contributed by atoms with E-state index in [0.29, 0.717) is 31.1 Å². The number of thiophene rings is 1. The second kappa shape index (κ2) is 8.52. The summed E-state index contributed by atoms with van der Waals surface area (Å²) in [4.78, 5) is 30.0. The highest BCUT2D eigenvalue weighted by Gasteiger charge is 2.23. The van der Waals surface area contributed by atoms with E-state index in [2.05, 4.69) is 4.90 Å². The predicted octanol–water partition coefficient (Wildman–Crippen LogP) is 3.26. The highest BCUT2D eigenvalue weighted by atomic mass is 32.1. The summed E-state index contributed by atoms with van der Waals surface area (Å²) in [6.07, 6.45) is 0.876. The second-order valence-corrected chi connectivity index (χ2v) is 7.63. The van der Waals surface area contributed by atoms with Gasteiger partial charge in [-0.15, -0.1) is 11.3 Å². The first-order valence-corrected chi connectivity index (χ1v) is 9.84. The van der Waals surface area contributed by atoms with E-state index in [1.165, 1.54) is 23.5 Å². The molecule has 0 radical (unpaired) electrons. The van der Waals surface area contributed by atoms with Crippen LogP contribution in [0.1, 0.15) is 27.0 Å². The van der Waals surface area contributed by atoms with Gasteiger partial charge in [0.1, 0.15) is 10.7 Å². The fourth-order valence-corrected chi connectivity index (χ4v) is 4.13. The first-order chi connectivity index (χ1) is 13.0. The highest BCUT2D eigenvalue weighted by Crippen LogP contribution is 2.23. The molecule has 0 unspecified atom stereocenters. The van der Waals surface area contributed by atoms with E-state index in [4.69, 9.17) is 4.74 Å². The Kier molecular flexibility index (Phi) is 6.11. The molecule has 27 heavy (non-hydrogen) atoms. The van der Waals surface area contributed by atoms with E-state index in [1.807, 2.05) is 19.9 Å². The quantitative estimate of drug-likeness (QED) is 0.736. The molecule has 3 rings (SSSR count). The summed E-state index contributed by atoms with van der Waals surface area (Å²) in [6.45, 7) is 6.19. The molecule has 1 aromatic heterocycles. The van der Waals surface area contributed by atoms with Crippen molar-refractivity contribution in [3.05, 3.63) is 51.5 Å². The molecule has 0 bridgehead atoms. The Morgan fingerprint density at radius 1 is 1.15 bits per heavy atom. The minimum Gasteiger partial charge on any atom is -0.451 e. The molecule has 1 aliphatic heterocycles. The first kappa shape index (κ1) is 19.4. The Balaban J connectivity index is 1.47. The Morgan fingerprint density at radius 2 is 1.81 bits per heavy atom. The average molecular weight is 390 g/mol. The summed E-state index contributed by atoms with van der Waals surface area (Å²) in [7, 11) is 0. The Morgan fingerprint density at radius 3 is 2.41 bits per heavy atom. The van der Waals surface area contributed by atoms with Crippen molar-refractivity contribution in [1.82, 2.24) is 4.90 Å². The molecule has 1 saturated heterocycles. The third kappa shape index (κ3) is 4.66. The zero-order valence-corrected chi connectivity index (χ0v) is 16.4. The molecule has 0 N–H and O–H groups in total. The Labute approximate surface area is 162 Å². The van der Waals surface area contributed by atoms with Gasteiger partial charge in [0.15, 0.2) is 6.61 Å². The smallest absolute Gasteiger partial charge is 0.348 e. The zero-order chi connectivity index (χ0) is 19.4.